The summed E-state index contributed by atoms with van der Waals surface area (Å²) >= 11 is 0. The number of esters is 1. The highest BCUT2D eigenvalue weighted by atomic mass is 32.3. The number of ether oxygens (including phenoxy) is 1. The molecule has 0 atom stereocenters. The van der Waals surface area contributed by atoms with E-state index in [0.717, 1.165) is 11.2 Å². The van der Waals surface area contributed by atoms with Crippen molar-refractivity contribution in [3.63, 3.8) is 0 Å². The Balaban J connectivity index is 1.56. The Morgan fingerprint density at radius 3 is 2.00 bits per heavy atom. The number of aromatic nitrogens is 3. The number of carbonyl (C=O) groups is 1. The van der Waals surface area contributed by atoms with E-state index >= 15 is 0 Å². The van der Waals surface area contributed by atoms with Gasteiger partial charge in [-0.25, -0.2) is 31.6 Å². The molecule has 1 N–H and O–H groups in total. The molecule has 0 bridgehead atoms. The van der Waals surface area contributed by atoms with Gasteiger partial charge in [-0.05, 0) is 62.2 Å². The van der Waals surface area contributed by atoms with Gasteiger partial charge >= 0.3 is 11.5 Å². The van der Waals surface area contributed by atoms with Crippen molar-refractivity contribution in [1.29, 1.82) is 0 Å². The fourth-order valence-corrected chi connectivity index (χ4v) is 8.77. The SMILES string of the molecule is CCCCOn1c(=O)c(C(=O)OCC)c(NCc2ccc(N(S(=O)(=O)c3ccccc3)S(=O)(=O)c3ccccc3)cc2)c2c(C)ncnc21. The van der Waals surface area contributed by atoms with Crippen LogP contribution in [-0.2, 0) is 31.3 Å². The van der Waals surface area contributed by atoms with Crippen molar-refractivity contribution in [3.05, 3.63) is 118 Å². The first kappa shape index (κ1) is 35.0. The van der Waals surface area contributed by atoms with Crippen LogP contribution >= 0.6 is 0 Å². The second kappa shape index (κ2) is 14.9. The number of hydrogen-bond acceptors (Lipinski definition) is 11. The van der Waals surface area contributed by atoms with E-state index in [4.69, 9.17) is 9.57 Å². The lowest BCUT2D eigenvalue weighted by Gasteiger charge is -2.24. The zero-order valence-electron chi connectivity index (χ0n) is 27.1. The van der Waals surface area contributed by atoms with Crippen LogP contribution in [0.25, 0.3) is 11.0 Å². The molecule has 0 saturated carbocycles. The van der Waals surface area contributed by atoms with E-state index < -0.39 is 31.6 Å². The predicted molar refractivity (Wildman–Crippen MR) is 184 cm³/mol. The summed E-state index contributed by atoms with van der Waals surface area (Å²) in [6.07, 6.45) is 2.78. The molecule has 0 aliphatic rings. The van der Waals surface area contributed by atoms with Crippen LogP contribution in [0.4, 0.5) is 11.4 Å². The number of unbranched alkanes of at least 4 members (excludes halogenated alkanes) is 1. The molecule has 0 amide bonds. The van der Waals surface area contributed by atoms with E-state index in [9.17, 15) is 26.4 Å². The Hall–Kier alpha value is -5.28. The van der Waals surface area contributed by atoms with Gasteiger partial charge in [0.2, 0.25) is 0 Å². The van der Waals surface area contributed by atoms with Gasteiger partial charge in [0, 0.05) is 6.54 Å². The average Bonchev–Trinajstić information content (AvgIpc) is 3.09. The fourth-order valence-electron chi connectivity index (χ4n) is 5.04. The molecule has 0 fully saturated rings. The highest BCUT2D eigenvalue weighted by Gasteiger charge is 2.37. The lowest BCUT2D eigenvalue weighted by molar-refractivity contribution is 0.0515. The quantitative estimate of drug-likeness (QED) is 0.126. The van der Waals surface area contributed by atoms with Crippen LogP contribution in [0.1, 0.15) is 48.3 Å². The third-order valence-corrected chi connectivity index (χ3v) is 11.6. The summed E-state index contributed by atoms with van der Waals surface area (Å²) in [4.78, 5) is 40.8. The molecule has 0 saturated heterocycles. The zero-order valence-corrected chi connectivity index (χ0v) is 28.7. The Kier molecular flexibility index (Phi) is 10.6. The number of nitrogens with one attached hydrogen (secondary N) is 1. The predicted octanol–water partition coefficient (Wildman–Crippen LogP) is 4.70. The molecular weight excluding hydrogens is 671 g/mol. The van der Waals surface area contributed by atoms with Gasteiger partial charge in [-0.2, -0.15) is 3.71 Å². The summed E-state index contributed by atoms with van der Waals surface area (Å²) in [5.74, 6) is -0.865. The number of carbonyl (C=O) groups excluding carboxylic acids is 1. The zero-order chi connectivity index (χ0) is 35.2. The van der Waals surface area contributed by atoms with Gasteiger partial charge in [0.25, 0.3) is 20.0 Å². The van der Waals surface area contributed by atoms with Crippen molar-refractivity contribution in [3.8, 4) is 0 Å². The second-order valence-corrected chi connectivity index (χ2v) is 14.6. The summed E-state index contributed by atoms with van der Waals surface area (Å²) in [6, 6.07) is 20.4. The van der Waals surface area contributed by atoms with E-state index in [1.165, 1.54) is 67.0 Å². The highest BCUT2D eigenvalue weighted by Crippen LogP contribution is 2.32. The minimum atomic E-state index is -4.58. The molecule has 0 unspecified atom stereocenters. The summed E-state index contributed by atoms with van der Waals surface area (Å²) in [5.41, 5.74) is 0.154. The number of nitrogens with zero attached hydrogens (tertiary/aromatic N) is 4. The van der Waals surface area contributed by atoms with Crippen LogP contribution in [0.5, 0.6) is 0 Å². The number of hydrogen-bond donors (Lipinski definition) is 1. The number of fused-ring (bicyclic) bond motifs is 1. The number of rotatable bonds is 14. The maximum Gasteiger partial charge on any atom is 0.346 e. The van der Waals surface area contributed by atoms with Crippen LogP contribution in [-0.4, -0.2) is 50.7 Å². The van der Waals surface area contributed by atoms with E-state index in [1.807, 2.05) is 6.92 Å². The molecule has 0 radical (unpaired) electrons. The number of benzene rings is 3. The van der Waals surface area contributed by atoms with E-state index in [1.54, 1.807) is 38.1 Å². The first-order valence-corrected chi connectivity index (χ1v) is 18.3. The number of sulfonamides is 2. The number of aryl methyl sites for hydroxylation is 1. The van der Waals surface area contributed by atoms with Gasteiger partial charge in [-0.3, -0.25) is 4.79 Å². The van der Waals surface area contributed by atoms with Gasteiger partial charge < -0.3 is 14.9 Å². The minimum Gasteiger partial charge on any atom is -0.462 e. The van der Waals surface area contributed by atoms with Crippen LogP contribution in [0.15, 0.2) is 106 Å². The maximum absolute atomic E-state index is 13.8. The van der Waals surface area contributed by atoms with Gasteiger partial charge in [-0.1, -0.05) is 61.9 Å². The van der Waals surface area contributed by atoms with E-state index in [-0.39, 0.29) is 52.1 Å². The molecule has 2 aromatic heterocycles. The van der Waals surface area contributed by atoms with Crippen molar-refractivity contribution in [2.75, 3.05) is 22.2 Å². The summed E-state index contributed by atoms with van der Waals surface area (Å²) in [7, 11) is -9.16. The summed E-state index contributed by atoms with van der Waals surface area (Å²) < 4.78 is 62.0. The van der Waals surface area contributed by atoms with Crippen molar-refractivity contribution >= 4 is 48.4 Å². The van der Waals surface area contributed by atoms with Crippen LogP contribution < -0.4 is 19.4 Å². The van der Waals surface area contributed by atoms with Gasteiger partial charge in [0.05, 0.1) is 38.9 Å². The molecule has 0 aliphatic heterocycles. The molecule has 3 aromatic carbocycles. The van der Waals surface area contributed by atoms with Gasteiger partial charge in [0.15, 0.2) is 11.2 Å². The molecule has 49 heavy (non-hydrogen) atoms. The second-order valence-electron chi connectivity index (χ2n) is 10.8. The van der Waals surface area contributed by atoms with E-state index in [2.05, 4.69) is 15.3 Å². The normalized spacial score (nSPS) is 11.7. The van der Waals surface area contributed by atoms with Crippen LogP contribution in [0.3, 0.4) is 0 Å². The average molecular weight is 706 g/mol. The lowest BCUT2D eigenvalue weighted by atomic mass is 10.1. The summed E-state index contributed by atoms with van der Waals surface area (Å²) in [6.45, 7) is 5.57. The van der Waals surface area contributed by atoms with Crippen molar-refractivity contribution in [1.82, 2.24) is 14.7 Å². The fraction of sp³-hybridized carbons (Fsp3) is 0.235. The smallest absolute Gasteiger partial charge is 0.346 e. The minimum absolute atomic E-state index is 0.0203. The first-order valence-electron chi connectivity index (χ1n) is 15.5. The highest BCUT2D eigenvalue weighted by molar-refractivity contribution is 8.10. The third kappa shape index (κ3) is 7.12. The third-order valence-electron chi connectivity index (χ3n) is 7.44. The molecule has 5 aromatic rings. The monoisotopic (exact) mass is 705 g/mol. The Bertz CT molecular complexity index is 2160. The maximum atomic E-state index is 13.8. The van der Waals surface area contributed by atoms with E-state index in [0.29, 0.717) is 26.8 Å². The molecule has 2 heterocycles. The standard InChI is InChI=1S/C34H35N5O8S2/c1-4-6-21-47-38-32-29(24(3)36-23-37-32)31(30(33(38)40)34(41)46-5-2)35-22-25-17-19-26(20-18-25)39(48(42,43)27-13-9-7-10-14-27)49(44,45)28-15-11-8-12-16-28/h7-20,23,35H,4-6,21-22H2,1-3H3. The lowest BCUT2D eigenvalue weighted by Crippen LogP contribution is -2.37. The number of anilines is 2. The molecule has 0 spiro atoms. The van der Waals surface area contributed by atoms with Crippen molar-refractivity contribution in [2.45, 2.75) is 49.9 Å². The molecule has 256 valence electrons. The van der Waals surface area contributed by atoms with Crippen LogP contribution in [0.2, 0.25) is 0 Å². The Morgan fingerprint density at radius 2 is 1.45 bits per heavy atom. The van der Waals surface area contributed by atoms with Crippen LogP contribution in [0, 0.1) is 6.92 Å². The summed E-state index contributed by atoms with van der Waals surface area (Å²) in [5, 5.41) is 3.52. The first-order chi connectivity index (χ1) is 23.5. The number of pyridine rings is 1. The molecule has 15 heteroatoms. The molecule has 5 rings (SSSR count). The Labute approximate surface area is 284 Å². The van der Waals surface area contributed by atoms with Crippen molar-refractivity contribution in [2.24, 2.45) is 0 Å². The Morgan fingerprint density at radius 1 is 0.857 bits per heavy atom. The topological polar surface area (TPSA) is 167 Å². The largest absolute Gasteiger partial charge is 0.462 e. The van der Waals surface area contributed by atoms with Gasteiger partial charge in [0.1, 0.15) is 12.9 Å². The van der Waals surface area contributed by atoms with Crippen molar-refractivity contribution < 1.29 is 31.2 Å². The molecule has 13 nitrogen and oxygen atoms in total. The van der Waals surface area contributed by atoms with Gasteiger partial charge in [-0.15, -0.1) is 4.73 Å². The molecular formula is C34H35N5O8S2. The molecule has 0 aliphatic carbocycles.